The molecule has 78 heavy (non-hydrogen) atoms. The quantitative estimate of drug-likeness (QED) is 0.0529. The fraction of sp³-hybridized carbons (Fsp3) is 0.0769. The Morgan fingerprint density at radius 2 is 1.09 bits per heavy atom. The van der Waals surface area contributed by atoms with Gasteiger partial charge in [-0.05, 0) is 145 Å². The maximum Gasteiger partial charge on any atom is 0.296 e. The molecule has 23 nitrogen and oxygen atoms in total. The van der Waals surface area contributed by atoms with E-state index in [0.717, 1.165) is 22.8 Å². The van der Waals surface area contributed by atoms with Crippen molar-refractivity contribution in [1.29, 1.82) is 0 Å². The molecule has 1 heterocycles. The number of phenols is 2. The maximum absolute atomic E-state index is 12.2. The van der Waals surface area contributed by atoms with Gasteiger partial charge in [0.05, 0.1) is 51.5 Å². The molecule has 0 saturated carbocycles. The highest BCUT2D eigenvalue weighted by molar-refractivity contribution is 7.87. The lowest BCUT2D eigenvalue weighted by atomic mass is 10.1. The lowest BCUT2D eigenvalue weighted by Gasteiger charge is -2.08. The average Bonchev–Trinajstić information content (AvgIpc) is 3.94. The maximum atomic E-state index is 12.2. The number of benzene rings is 9. The predicted octanol–water partition coefficient (Wildman–Crippen LogP) is 13.6. The Labute approximate surface area is 442 Å². The zero-order chi connectivity index (χ0) is 55.4. The highest BCUT2D eigenvalue weighted by Crippen LogP contribution is 2.42. The number of rotatable bonds is 13. The van der Waals surface area contributed by atoms with E-state index in [-0.39, 0.29) is 61.5 Å². The van der Waals surface area contributed by atoms with Gasteiger partial charge in [-0.2, -0.15) is 55.6 Å². The summed E-state index contributed by atoms with van der Waals surface area (Å²) in [6, 6.07) is 33.5. The SMILES string of the molecule is COc1cc(N=Nc2c(S(=O)(=O)O)ccc3cccc(O)c23)ccc1N=Nc1ccc(N=Nc2cc(C)c(N=Nc3ccc4cc(-n5nc6ccc7c(S(=O)(=O)O)cc(S(=O)(=O)O)cc7c6n5)ccc4c3O)cc2C)cc1C. The minimum absolute atomic E-state index is 0.000274. The van der Waals surface area contributed by atoms with Crippen molar-refractivity contribution in [2.24, 2.45) is 40.9 Å². The van der Waals surface area contributed by atoms with Gasteiger partial charge in [0.2, 0.25) is 0 Å². The van der Waals surface area contributed by atoms with Crippen LogP contribution in [0.15, 0.2) is 189 Å². The molecule has 392 valence electrons. The summed E-state index contributed by atoms with van der Waals surface area (Å²) in [6.45, 7) is 5.52. The Hall–Kier alpha value is -9.31. The van der Waals surface area contributed by atoms with Crippen LogP contribution in [0, 0.1) is 20.8 Å². The number of aromatic nitrogens is 3. The molecular formula is C52H39N11O12S3. The highest BCUT2D eigenvalue weighted by Gasteiger charge is 2.24. The van der Waals surface area contributed by atoms with Gasteiger partial charge in [0.1, 0.15) is 49.4 Å². The van der Waals surface area contributed by atoms with Crippen LogP contribution in [-0.4, -0.2) is 71.2 Å². The van der Waals surface area contributed by atoms with E-state index in [1.807, 2.05) is 26.8 Å². The summed E-state index contributed by atoms with van der Waals surface area (Å²) in [6.07, 6.45) is 0. The summed E-state index contributed by atoms with van der Waals surface area (Å²) < 4.78 is 108. The number of fused-ring (bicyclic) bond motifs is 5. The van der Waals surface area contributed by atoms with E-state index in [0.29, 0.717) is 56.3 Å². The third kappa shape index (κ3) is 10.4. The first-order chi connectivity index (χ1) is 37.0. The number of phenolic OH excluding ortho intramolecular Hbond substituents is 2. The van der Waals surface area contributed by atoms with E-state index in [1.165, 1.54) is 48.3 Å². The predicted molar refractivity (Wildman–Crippen MR) is 287 cm³/mol. The average molecular weight is 1110 g/mol. The summed E-state index contributed by atoms with van der Waals surface area (Å²) in [5, 5.41) is 67.1. The Kier molecular flexibility index (Phi) is 13.4. The van der Waals surface area contributed by atoms with Gasteiger partial charge in [0.15, 0.2) is 5.75 Å². The minimum Gasteiger partial charge on any atom is -0.507 e. The van der Waals surface area contributed by atoms with Crippen LogP contribution < -0.4 is 4.74 Å². The number of ether oxygens (including phenoxy) is 1. The Morgan fingerprint density at radius 3 is 1.78 bits per heavy atom. The van der Waals surface area contributed by atoms with Gasteiger partial charge < -0.3 is 14.9 Å². The fourth-order valence-corrected chi connectivity index (χ4v) is 10.4. The van der Waals surface area contributed by atoms with Crippen molar-refractivity contribution >= 4 is 119 Å². The molecule has 0 radical (unpaired) electrons. The molecule has 0 unspecified atom stereocenters. The summed E-state index contributed by atoms with van der Waals surface area (Å²) >= 11 is 0. The van der Waals surface area contributed by atoms with Crippen molar-refractivity contribution in [2.75, 3.05) is 7.11 Å². The molecule has 0 fully saturated rings. The molecule has 0 aliphatic carbocycles. The molecule has 0 spiro atoms. The van der Waals surface area contributed by atoms with Crippen molar-refractivity contribution in [1.82, 2.24) is 15.0 Å². The standard InChI is InChI=1S/C52H39N11O12S3/c1-27-20-32(10-16-39(27)55-56-40-17-11-33(24-46(40)75-4)54-60-51-47(77(69,70)71)19-9-30-6-5-7-45(64)49(30)51)53-58-43-21-29(3)44(22-28(43)2)59-57-42-15-8-31-23-34(12-13-36(31)52(42)65)63-61-41-18-14-37-38(50(41)62-63)25-35(76(66,67)68)26-48(37)78(72,73)74/h5-26,64-65H,1-4H3,(H,66,67,68)(H,69,70,71)(H,72,73,74). The molecule has 0 aliphatic rings. The summed E-state index contributed by atoms with van der Waals surface area (Å²) in [4.78, 5) is -0.782. The normalized spacial score (nSPS) is 12.8. The van der Waals surface area contributed by atoms with Gasteiger partial charge in [-0.1, -0.05) is 30.3 Å². The topological polar surface area (TPSA) is 342 Å². The van der Waals surface area contributed by atoms with Crippen molar-refractivity contribution in [3.63, 3.8) is 0 Å². The van der Waals surface area contributed by atoms with Gasteiger partial charge >= 0.3 is 0 Å². The van der Waals surface area contributed by atoms with Crippen molar-refractivity contribution in [3.05, 3.63) is 150 Å². The first-order valence-electron chi connectivity index (χ1n) is 22.9. The first-order valence-corrected chi connectivity index (χ1v) is 27.2. The number of nitrogens with zero attached hydrogens (tertiary/aromatic N) is 11. The molecule has 0 aliphatic heterocycles. The lowest BCUT2D eigenvalue weighted by Crippen LogP contribution is -2.04. The van der Waals surface area contributed by atoms with Crippen LogP contribution in [0.4, 0.5) is 45.5 Å². The first kappa shape index (κ1) is 52.1. The zero-order valence-corrected chi connectivity index (χ0v) is 43.4. The molecule has 0 bridgehead atoms. The largest absolute Gasteiger partial charge is 0.507 e. The number of azo groups is 4. The van der Waals surface area contributed by atoms with Crippen molar-refractivity contribution < 1.29 is 53.9 Å². The second-order valence-corrected chi connectivity index (χ2v) is 21.7. The van der Waals surface area contributed by atoms with Crippen LogP contribution in [0.5, 0.6) is 17.2 Å². The molecule has 0 amide bonds. The summed E-state index contributed by atoms with van der Waals surface area (Å²) in [5.41, 5.74) is 5.73. The van der Waals surface area contributed by atoms with Crippen molar-refractivity contribution in [3.8, 4) is 22.9 Å². The van der Waals surface area contributed by atoms with Crippen LogP contribution in [0.1, 0.15) is 16.7 Å². The van der Waals surface area contributed by atoms with Crippen LogP contribution in [0.2, 0.25) is 0 Å². The molecule has 1 aromatic heterocycles. The number of aryl methyl sites for hydroxylation is 3. The van der Waals surface area contributed by atoms with Gasteiger partial charge in [0.25, 0.3) is 30.4 Å². The molecule has 26 heteroatoms. The van der Waals surface area contributed by atoms with Crippen molar-refractivity contribution in [2.45, 2.75) is 35.5 Å². The lowest BCUT2D eigenvalue weighted by molar-refractivity contribution is 0.416. The van der Waals surface area contributed by atoms with E-state index in [2.05, 4.69) is 51.1 Å². The van der Waals surface area contributed by atoms with Crippen LogP contribution in [0.25, 0.3) is 49.0 Å². The van der Waals surface area contributed by atoms with Gasteiger partial charge in [-0.3, -0.25) is 13.7 Å². The number of methoxy groups -OCH3 is 1. The molecule has 0 saturated heterocycles. The van der Waals surface area contributed by atoms with Crippen LogP contribution in [-0.2, 0) is 30.4 Å². The molecular weight excluding hydrogens is 1070 g/mol. The third-order valence-electron chi connectivity index (χ3n) is 12.3. The van der Waals surface area contributed by atoms with Crippen LogP contribution in [0.3, 0.4) is 0 Å². The minimum atomic E-state index is -4.92. The molecule has 5 N–H and O–H groups in total. The summed E-state index contributed by atoms with van der Waals surface area (Å²) in [7, 11) is -13.1. The van der Waals surface area contributed by atoms with Gasteiger partial charge in [0, 0.05) is 22.2 Å². The molecule has 0 atom stereocenters. The molecule has 9 aromatic carbocycles. The number of hydrogen-bond donors (Lipinski definition) is 5. The fourth-order valence-electron chi connectivity index (χ4n) is 8.42. The zero-order valence-electron chi connectivity index (χ0n) is 40.9. The summed E-state index contributed by atoms with van der Waals surface area (Å²) in [5.74, 6) is -0.114. The van der Waals surface area contributed by atoms with E-state index in [9.17, 15) is 49.1 Å². The van der Waals surface area contributed by atoms with Gasteiger partial charge in [-0.15, -0.1) is 25.5 Å². The highest BCUT2D eigenvalue weighted by atomic mass is 32.2. The smallest absolute Gasteiger partial charge is 0.296 e. The molecule has 10 rings (SSSR count). The Morgan fingerprint density at radius 1 is 0.487 bits per heavy atom. The van der Waals surface area contributed by atoms with E-state index in [1.54, 1.807) is 78.9 Å². The monoisotopic (exact) mass is 1110 g/mol. The third-order valence-corrected chi connectivity index (χ3v) is 15.0. The second-order valence-electron chi connectivity index (χ2n) is 17.5. The van der Waals surface area contributed by atoms with E-state index < -0.39 is 45.0 Å². The van der Waals surface area contributed by atoms with E-state index in [4.69, 9.17) is 4.74 Å². The van der Waals surface area contributed by atoms with Gasteiger partial charge in [-0.25, -0.2) is 0 Å². The number of aromatic hydroxyl groups is 2. The number of hydrogen-bond acceptors (Lipinski definition) is 19. The molecule has 10 aromatic rings. The Balaban J connectivity index is 0.827. The second kappa shape index (κ2) is 20.0. The van der Waals surface area contributed by atoms with E-state index >= 15 is 0 Å². The van der Waals surface area contributed by atoms with Crippen LogP contribution >= 0.6 is 0 Å². The Bertz CT molecular complexity index is 4660.